The van der Waals surface area contributed by atoms with Crippen LogP contribution in [0.25, 0.3) is 0 Å². The number of carbonyl (C=O) groups excluding carboxylic acids is 1. The zero-order valence-corrected chi connectivity index (χ0v) is 9.61. The van der Waals surface area contributed by atoms with Gasteiger partial charge < -0.3 is 14.8 Å². The van der Waals surface area contributed by atoms with Gasteiger partial charge in [0.1, 0.15) is 6.29 Å². The molecule has 4 nitrogen and oxygen atoms in total. The van der Waals surface area contributed by atoms with Gasteiger partial charge in [-0.3, -0.25) is 4.79 Å². The molecule has 4 heteroatoms. The van der Waals surface area contributed by atoms with Gasteiger partial charge in [-0.05, 0) is 32.5 Å². The SMILES string of the molecule is CCN(CC)CCC[C@H](CC=O)C(=O)O. The van der Waals surface area contributed by atoms with Gasteiger partial charge in [0.25, 0.3) is 0 Å². The predicted molar refractivity (Wildman–Crippen MR) is 58.8 cm³/mol. The maximum Gasteiger partial charge on any atom is 0.306 e. The van der Waals surface area contributed by atoms with Gasteiger partial charge in [-0.2, -0.15) is 0 Å². The third-order valence-electron chi connectivity index (χ3n) is 2.65. The summed E-state index contributed by atoms with van der Waals surface area (Å²) in [7, 11) is 0. The van der Waals surface area contributed by atoms with E-state index in [1.54, 1.807) is 0 Å². The molecule has 0 aliphatic rings. The van der Waals surface area contributed by atoms with Crippen molar-refractivity contribution in [2.24, 2.45) is 5.92 Å². The van der Waals surface area contributed by atoms with Crippen molar-refractivity contribution in [2.75, 3.05) is 19.6 Å². The van der Waals surface area contributed by atoms with E-state index in [1.165, 1.54) is 0 Å². The molecule has 0 unspecified atom stereocenters. The molecule has 0 aliphatic carbocycles. The van der Waals surface area contributed by atoms with E-state index in [2.05, 4.69) is 18.7 Å². The standard InChI is InChI=1S/C11H21NO3/c1-3-12(4-2)8-5-6-10(7-9-13)11(14)15/h9-10H,3-8H2,1-2H3,(H,14,15)/t10-/m1/s1. The number of hydrogen-bond donors (Lipinski definition) is 1. The Balaban J connectivity index is 3.79. The summed E-state index contributed by atoms with van der Waals surface area (Å²) in [6.07, 6.45) is 2.25. The van der Waals surface area contributed by atoms with E-state index in [0.29, 0.717) is 12.7 Å². The number of carboxylic acids is 1. The first-order chi connectivity index (χ1) is 7.15. The van der Waals surface area contributed by atoms with E-state index >= 15 is 0 Å². The summed E-state index contributed by atoms with van der Waals surface area (Å²) in [6, 6.07) is 0. The molecule has 15 heavy (non-hydrogen) atoms. The fourth-order valence-electron chi connectivity index (χ4n) is 1.56. The molecule has 88 valence electrons. The van der Waals surface area contributed by atoms with E-state index in [0.717, 1.165) is 26.1 Å². The first-order valence-electron chi connectivity index (χ1n) is 5.54. The van der Waals surface area contributed by atoms with Crippen LogP contribution in [0.1, 0.15) is 33.1 Å². The number of carboxylic acid groups (broad SMARTS) is 1. The molecule has 0 rings (SSSR count). The Morgan fingerprint density at radius 2 is 2.00 bits per heavy atom. The van der Waals surface area contributed by atoms with Crippen molar-refractivity contribution in [3.63, 3.8) is 0 Å². The lowest BCUT2D eigenvalue weighted by atomic mass is 10.0. The largest absolute Gasteiger partial charge is 0.481 e. The summed E-state index contributed by atoms with van der Waals surface area (Å²) >= 11 is 0. The van der Waals surface area contributed by atoms with Crippen LogP contribution in [0.3, 0.4) is 0 Å². The van der Waals surface area contributed by atoms with E-state index in [9.17, 15) is 9.59 Å². The van der Waals surface area contributed by atoms with Crippen molar-refractivity contribution in [1.29, 1.82) is 0 Å². The minimum Gasteiger partial charge on any atom is -0.481 e. The number of aldehydes is 1. The molecule has 0 saturated carbocycles. The molecule has 0 fully saturated rings. The van der Waals surface area contributed by atoms with Crippen LogP contribution in [0.15, 0.2) is 0 Å². The number of rotatable bonds is 9. The molecule has 0 aromatic heterocycles. The fraction of sp³-hybridized carbons (Fsp3) is 0.818. The lowest BCUT2D eigenvalue weighted by Crippen LogP contribution is -2.25. The lowest BCUT2D eigenvalue weighted by molar-refractivity contribution is -0.143. The summed E-state index contributed by atoms with van der Waals surface area (Å²) in [6.45, 7) is 7.06. The highest BCUT2D eigenvalue weighted by Gasteiger charge is 2.16. The molecule has 1 N–H and O–H groups in total. The molecule has 1 atom stereocenters. The van der Waals surface area contributed by atoms with Crippen LogP contribution >= 0.6 is 0 Å². The zero-order valence-electron chi connectivity index (χ0n) is 9.61. The van der Waals surface area contributed by atoms with Gasteiger partial charge in [0.2, 0.25) is 0 Å². The van der Waals surface area contributed by atoms with Crippen LogP contribution in [0.5, 0.6) is 0 Å². The minimum atomic E-state index is -0.860. The normalized spacial score (nSPS) is 12.7. The van der Waals surface area contributed by atoms with Crippen molar-refractivity contribution >= 4 is 12.3 Å². The van der Waals surface area contributed by atoms with E-state index in [-0.39, 0.29) is 6.42 Å². The van der Waals surface area contributed by atoms with E-state index < -0.39 is 11.9 Å². The summed E-state index contributed by atoms with van der Waals surface area (Å²) < 4.78 is 0. The molecule has 0 bridgehead atoms. The molecule has 0 aromatic carbocycles. The molecular weight excluding hydrogens is 194 g/mol. The smallest absolute Gasteiger partial charge is 0.306 e. The molecule has 0 aromatic rings. The van der Waals surface area contributed by atoms with Gasteiger partial charge in [-0.1, -0.05) is 13.8 Å². The van der Waals surface area contributed by atoms with Crippen molar-refractivity contribution in [3.8, 4) is 0 Å². The second-order valence-electron chi connectivity index (χ2n) is 3.61. The van der Waals surface area contributed by atoms with E-state index in [1.807, 2.05) is 0 Å². The molecule has 0 aliphatic heterocycles. The third-order valence-corrected chi connectivity index (χ3v) is 2.65. The highest BCUT2D eigenvalue weighted by atomic mass is 16.4. The number of hydrogen-bond acceptors (Lipinski definition) is 3. The third kappa shape index (κ3) is 6.23. The van der Waals surface area contributed by atoms with Gasteiger partial charge in [-0.15, -0.1) is 0 Å². The van der Waals surface area contributed by atoms with Crippen LogP contribution < -0.4 is 0 Å². The first kappa shape index (κ1) is 14.1. The number of nitrogens with zero attached hydrogens (tertiary/aromatic N) is 1. The van der Waals surface area contributed by atoms with Crippen molar-refractivity contribution in [2.45, 2.75) is 33.1 Å². The number of carbonyl (C=O) groups is 2. The van der Waals surface area contributed by atoms with Crippen LogP contribution in [0, 0.1) is 5.92 Å². The first-order valence-corrected chi connectivity index (χ1v) is 5.54. The molecule has 0 radical (unpaired) electrons. The van der Waals surface area contributed by atoms with Crippen molar-refractivity contribution in [1.82, 2.24) is 4.90 Å². The van der Waals surface area contributed by atoms with Crippen LogP contribution in [0.4, 0.5) is 0 Å². The Morgan fingerprint density at radius 3 is 2.40 bits per heavy atom. The quantitative estimate of drug-likeness (QED) is 0.591. The maximum atomic E-state index is 10.7. The Bertz CT molecular complexity index is 190. The summed E-state index contributed by atoms with van der Waals surface area (Å²) in [5.41, 5.74) is 0. The summed E-state index contributed by atoms with van der Waals surface area (Å²) in [5.74, 6) is -1.36. The topological polar surface area (TPSA) is 57.6 Å². The van der Waals surface area contributed by atoms with Crippen molar-refractivity contribution in [3.05, 3.63) is 0 Å². The molecule has 0 spiro atoms. The van der Waals surface area contributed by atoms with Gasteiger partial charge in [0.15, 0.2) is 0 Å². The van der Waals surface area contributed by atoms with Crippen LogP contribution in [-0.2, 0) is 9.59 Å². The average molecular weight is 215 g/mol. The van der Waals surface area contributed by atoms with Gasteiger partial charge in [-0.25, -0.2) is 0 Å². The molecular formula is C11H21NO3. The Kier molecular flexibility index (Phi) is 7.91. The maximum absolute atomic E-state index is 10.7. The second kappa shape index (κ2) is 8.41. The van der Waals surface area contributed by atoms with Gasteiger partial charge >= 0.3 is 5.97 Å². The van der Waals surface area contributed by atoms with Crippen molar-refractivity contribution < 1.29 is 14.7 Å². The monoisotopic (exact) mass is 215 g/mol. The van der Waals surface area contributed by atoms with E-state index in [4.69, 9.17) is 5.11 Å². The summed E-state index contributed by atoms with van der Waals surface area (Å²) in [5, 5.41) is 8.81. The van der Waals surface area contributed by atoms with Crippen LogP contribution in [0.2, 0.25) is 0 Å². The van der Waals surface area contributed by atoms with Gasteiger partial charge in [0.05, 0.1) is 5.92 Å². The second-order valence-corrected chi connectivity index (χ2v) is 3.61. The fourth-order valence-corrected chi connectivity index (χ4v) is 1.56. The molecule has 0 heterocycles. The highest BCUT2D eigenvalue weighted by molar-refractivity contribution is 5.73. The highest BCUT2D eigenvalue weighted by Crippen LogP contribution is 2.10. The zero-order chi connectivity index (χ0) is 11.7. The molecule has 0 saturated heterocycles. The average Bonchev–Trinajstić information content (AvgIpc) is 2.22. The Morgan fingerprint density at radius 1 is 1.40 bits per heavy atom. The Hall–Kier alpha value is -0.900. The minimum absolute atomic E-state index is 0.133. The predicted octanol–water partition coefficient (Wildman–Crippen LogP) is 1.40. The summed E-state index contributed by atoms with van der Waals surface area (Å²) in [4.78, 5) is 23.2. The van der Waals surface area contributed by atoms with Crippen LogP contribution in [-0.4, -0.2) is 41.9 Å². The lowest BCUT2D eigenvalue weighted by Gasteiger charge is -2.18. The molecule has 0 amide bonds. The van der Waals surface area contributed by atoms with Gasteiger partial charge in [0, 0.05) is 6.42 Å². The number of aliphatic carboxylic acids is 1. The Labute approximate surface area is 91.3 Å².